The molecule has 0 radical (unpaired) electrons. The highest BCUT2D eigenvalue weighted by Gasteiger charge is 2.20. The number of carbonyl (C=O) groups is 1. The highest BCUT2D eigenvalue weighted by Crippen LogP contribution is 2.23. The fraction of sp³-hybridized carbons (Fsp3) is 0.188. The van der Waals surface area contributed by atoms with E-state index in [-0.39, 0.29) is 23.7 Å². The lowest BCUT2D eigenvalue weighted by Gasteiger charge is -2.06. The number of hydrogen-bond acceptors (Lipinski definition) is 6. The molecule has 8 heteroatoms. The van der Waals surface area contributed by atoms with Crippen molar-refractivity contribution in [2.24, 2.45) is 0 Å². The normalized spacial score (nSPS) is 10.3. The number of aromatic nitrogens is 4. The summed E-state index contributed by atoms with van der Waals surface area (Å²) in [5.41, 5.74) is 2.40. The van der Waals surface area contributed by atoms with Gasteiger partial charge in [0.15, 0.2) is 22.3 Å². The third kappa shape index (κ3) is 2.49. The molecule has 0 unspecified atom stereocenters. The Morgan fingerprint density at radius 2 is 2.08 bits per heavy atom. The third-order valence-corrected chi connectivity index (χ3v) is 4.46. The van der Waals surface area contributed by atoms with Crippen molar-refractivity contribution < 1.29 is 4.79 Å². The largest absolute Gasteiger partial charge is 0.313 e. The summed E-state index contributed by atoms with van der Waals surface area (Å²) in [6, 6.07) is 5.58. The Hall–Kier alpha value is -3.23. The number of nitriles is 2. The zero-order valence-corrected chi connectivity index (χ0v) is 13.8. The van der Waals surface area contributed by atoms with Gasteiger partial charge in [-0.25, -0.2) is 9.97 Å². The maximum absolute atomic E-state index is 12.7. The predicted octanol–water partition coefficient (Wildman–Crippen LogP) is 2.37. The van der Waals surface area contributed by atoms with E-state index in [0.29, 0.717) is 5.56 Å². The first-order chi connectivity index (χ1) is 11.6. The lowest BCUT2D eigenvalue weighted by atomic mass is 10.1. The smallest absolute Gasteiger partial charge is 0.193 e. The fourth-order valence-corrected chi connectivity index (χ4v) is 3.36. The number of imidazole rings is 1. The Morgan fingerprint density at radius 3 is 2.71 bits per heavy atom. The average molecular weight is 336 g/mol. The van der Waals surface area contributed by atoms with E-state index in [0.717, 1.165) is 16.5 Å². The molecule has 0 amide bonds. The Labute approximate surface area is 142 Å². The second-order valence-electron chi connectivity index (χ2n) is 5.15. The Bertz CT molecular complexity index is 997. The standard InChI is InChI=1S/C16H12N6OS/c1-10-5-12(11(2)22(10)16-19-3-4-24-16)15(23)8-21-9-20-13(6-17)14(21)7-18/h3-5,9H,8H2,1-2H3. The number of nitrogens with zero attached hydrogens (tertiary/aromatic N) is 6. The minimum atomic E-state index is -0.149. The summed E-state index contributed by atoms with van der Waals surface area (Å²) in [6.07, 6.45) is 3.06. The van der Waals surface area contributed by atoms with Crippen molar-refractivity contribution in [2.45, 2.75) is 20.4 Å². The van der Waals surface area contributed by atoms with Crippen molar-refractivity contribution in [3.05, 3.63) is 52.3 Å². The molecule has 0 atom stereocenters. The molecule has 0 N–H and O–H groups in total. The Balaban J connectivity index is 1.95. The summed E-state index contributed by atoms with van der Waals surface area (Å²) < 4.78 is 3.33. The Morgan fingerprint density at radius 1 is 1.29 bits per heavy atom. The molecule has 0 spiro atoms. The van der Waals surface area contributed by atoms with E-state index in [1.165, 1.54) is 22.2 Å². The van der Waals surface area contributed by atoms with Crippen LogP contribution in [0.4, 0.5) is 0 Å². The van der Waals surface area contributed by atoms with Gasteiger partial charge in [0.2, 0.25) is 0 Å². The molecule has 0 saturated carbocycles. The summed E-state index contributed by atoms with van der Waals surface area (Å²) in [4.78, 5) is 20.8. The van der Waals surface area contributed by atoms with Crippen LogP contribution in [0.5, 0.6) is 0 Å². The summed E-state index contributed by atoms with van der Waals surface area (Å²) in [5, 5.41) is 20.8. The number of carbonyl (C=O) groups excluding carboxylic acids is 1. The van der Waals surface area contributed by atoms with Gasteiger partial charge in [0.1, 0.15) is 12.1 Å². The van der Waals surface area contributed by atoms with E-state index in [4.69, 9.17) is 10.5 Å². The number of thiazole rings is 1. The van der Waals surface area contributed by atoms with Gasteiger partial charge in [-0.15, -0.1) is 11.3 Å². The number of aryl methyl sites for hydroxylation is 1. The molecule has 3 aromatic rings. The van der Waals surface area contributed by atoms with Crippen LogP contribution in [0.2, 0.25) is 0 Å². The number of ketones is 1. The molecule has 0 bridgehead atoms. The van der Waals surface area contributed by atoms with Crippen molar-refractivity contribution in [2.75, 3.05) is 0 Å². The molecule has 7 nitrogen and oxygen atoms in total. The van der Waals surface area contributed by atoms with E-state index < -0.39 is 0 Å². The maximum atomic E-state index is 12.7. The lowest BCUT2D eigenvalue weighted by Crippen LogP contribution is -2.12. The van der Waals surface area contributed by atoms with Crippen molar-refractivity contribution in [3.8, 4) is 17.3 Å². The van der Waals surface area contributed by atoms with Crippen molar-refractivity contribution in [3.63, 3.8) is 0 Å². The van der Waals surface area contributed by atoms with E-state index in [1.807, 2.05) is 42.0 Å². The van der Waals surface area contributed by atoms with Crippen LogP contribution in [0.3, 0.4) is 0 Å². The van der Waals surface area contributed by atoms with Crippen molar-refractivity contribution in [1.29, 1.82) is 10.5 Å². The molecule has 3 heterocycles. The predicted molar refractivity (Wildman–Crippen MR) is 86.9 cm³/mol. The van der Waals surface area contributed by atoms with E-state index in [2.05, 4.69) is 9.97 Å². The van der Waals surface area contributed by atoms with Gasteiger partial charge in [-0.2, -0.15) is 10.5 Å². The van der Waals surface area contributed by atoms with Gasteiger partial charge >= 0.3 is 0 Å². The third-order valence-electron chi connectivity index (χ3n) is 3.71. The number of rotatable bonds is 4. The molecule has 0 aliphatic carbocycles. The van der Waals surface area contributed by atoms with E-state index in [1.54, 1.807) is 6.20 Å². The van der Waals surface area contributed by atoms with Crippen LogP contribution in [0.1, 0.15) is 33.1 Å². The topological polar surface area (TPSA) is 100 Å². The lowest BCUT2D eigenvalue weighted by molar-refractivity contribution is 0.0971. The maximum Gasteiger partial charge on any atom is 0.193 e. The molecule has 3 rings (SSSR count). The molecular formula is C16H12N6OS. The molecular weight excluding hydrogens is 324 g/mol. The van der Waals surface area contributed by atoms with Gasteiger partial charge in [-0.3, -0.25) is 9.36 Å². The highest BCUT2D eigenvalue weighted by molar-refractivity contribution is 7.12. The van der Waals surface area contributed by atoms with Gasteiger partial charge in [-0.05, 0) is 19.9 Å². The minimum absolute atomic E-state index is 0.0264. The number of hydrogen-bond donors (Lipinski definition) is 0. The molecule has 118 valence electrons. The molecule has 3 aromatic heterocycles. The zero-order chi connectivity index (χ0) is 17.3. The van der Waals surface area contributed by atoms with Gasteiger partial charge in [0, 0.05) is 28.5 Å². The minimum Gasteiger partial charge on any atom is -0.313 e. The first-order valence-electron chi connectivity index (χ1n) is 7.04. The molecule has 0 aliphatic rings. The SMILES string of the molecule is Cc1cc(C(=O)Cn2cnc(C#N)c2C#N)c(C)n1-c1nccs1. The summed E-state index contributed by atoms with van der Waals surface area (Å²) in [5.74, 6) is -0.149. The van der Waals surface area contributed by atoms with E-state index >= 15 is 0 Å². The van der Waals surface area contributed by atoms with Crippen LogP contribution in [0.15, 0.2) is 24.0 Å². The number of Topliss-reactive ketones (excluding diaryl/α,β-unsaturated/α-hetero) is 1. The second kappa shape index (κ2) is 6.11. The summed E-state index contributed by atoms with van der Waals surface area (Å²) >= 11 is 1.49. The monoisotopic (exact) mass is 336 g/mol. The van der Waals surface area contributed by atoms with E-state index in [9.17, 15) is 4.79 Å². The first-order valence-corrected chi connectivity index (χ1v) is 7.92. The molecule has 0 saturated heterocycles. The van der Waals surface area contributed by atoms with Crippen molar-refractivity contribution >= 4 is 17.1 Å². The molecule has 0 aliphatic heterocycles. The van der Waals surface area contributed by atoms with Crippen LogP contribution < -0.4 is 0 Å². The molecule has 24 heavy (non-hydrogen) atoms. The van der Waals surface area contributed by atoms with Crippen LogP contribution in [-0.4, -0.2) is 24.9 Å². The van der Waals surface area contributed by atoms with Crippen LogP contribution >= 0.6 is 11.3 Å². The second-order valence-corrected chi connectivity index (χ2v) is 6.02. The highest BCUT2D eigenvalue weighted by atomic mass is 32.1. The zero-order valence-electron chi connectivity index (χ0n) is 13.0. The Kier molecular flexibility index (Phi) is 3.98. The molecule has 0 aromatic carbocycles. The van der Waals surface area contributed by atoms with Crippen LogP contribution in [0.25, 0.3) is 5.13 Å². The van der Waals surface area contributed by atoms with Gasteiger partial charge < -0.3 is 4.57 Å². The molecule has 0 fully saturated rings. The quantitative estimate of drug-likeness (QED) is 0.681. The van der Waals surface area contributed by atoms with Crippen molar-refractivity contribution in [1.82, 2.24) is 19.1 Å². The van der Waals surface area contributed by atoms with Gasteiger partial charge in [0.25, 0.3) is 0 Å². The average Bonchev–Trinajstić information content (AvgIpc) is 3.26. The summed E-state index contributed by atoms with van der Waals surface area (Å²) in [7, 11) is 0. The van der Waals surface area contributed by atoms with Crippen LogP contribution in [0, 0.1) is 36.5 Å². The van der Waals surface area contributed by atoms with Gasteiger partial charge in [-0.1, -0.05) is 0 Å². The fourth-order valence-electron chi connectivity index (χ4n) is 2.61. The first kappa shape index (κ1) is 15.7. The van der Waals surface area contributed by atoms with Crippen LogP contribution in [-0.2, 0) is 6.54 Å². The summed E-state index contributed by atoms with van der Waals surface area (Å²) in [6.45, 7) is 3.73. The van der Waals surface area contributed by atoms with Gasteiger partial charge in [0.05, 0.1) is 12.9 Å².